The molecule has 1 aliphatic heterocycles. The van der Waals surface area contributed by atoms with Crippen LogP contribution in [0.3, 0.4) is 0 Å². The summed E-state index contributed by atoms with van der Waals surface area (Å²) in [6.07, 6.45) is 7.52. The lowest BCUT2D eigenvalue weighted by atomic mass is 9.73. The fourth-order valence-corrected chi connectivity index (χ4v) is 3.44. The van der Waals surface area contributed by atoms with Crippen LogP contribution in [0.15, 0.2) is 61.4 Å². The van der Waals surface area contributed by atoms with Crippen molar-refractivity contribution in [3.8, 4) is 11.1 Å². The normalized spacial score (nSPS) is 16.2. The van der Waals surface area contributed by atoms with Crippen molar-refractivity contribution in [1.82, 2.24) is 10.3 Å². The third kappa shape index (κ3) is 3.97. The molecular weight excluding hydrogens is 312 g/mol. The van der Waals surface area contributed by atoms with Crippen LogP contribution >= 0.6 is 0 Å². The Hall–Kier alpha value is -2.46. The number of benzene rings is 1. The smallest absolute Gasteiger partial charge is 0.226 e. The molecule has 0 bridgehead atoms. The number of ether oxygens (including phenoxy) is 1. The minimum atomic E-state index is -0.431. The van der Waals surface area contributed by atoms with Crippen molar-refractivity contribution < 1.29 is 9.53 Å². The fourth-order valence-electron chi connectivity index (χ4n) is 3.44. The minimum absolute atomic E-state index is 0.0942. The van der Waals surface area contributed by atoms with E-state index in [1.165, 1.54) is 5.56 Å². The van der Waals surface area contributed by atoms with E-state index in [9.17, 15) is 4.79 Å². The Bertz CT molecular complexity index is 722. The number of aromatic nitrogens is 1. The monoisotopic (exact) mass is 336 g/mol. The van der Waals surface area contributed by atoms with Crippen molar-refractivity contribution in [1.29, 1.82) is 0 Å². The molecular formula is C21H24N2O2. The average Bonchev–Trinajstić information content (AvgIpc) is 2.68. The molecule has 1 aromatic heterocycles. The van der Waals surface area contributed by atoms with Gasteiger partial charge in [-0.2, -0.15) is 0 Å². The maximum absolute atomic E-state index is 12.9. The Morgan fingerprint density at radius 3 is 2.76 bits per heavy atom. The number of pyridine rings is 1. The third-order valence-electron chi connectivity index (χ3n) is 4.86. The van der Waals surface area contributed by atoms with E-state index in [0.29, 0.717) is 26.2 Å². The first-order chi connectivity index (χ1) is 12.2. The molecule has 0 unspecified atom stereocenters. The van der Waals surface area contributed by atoms with Crippen LogP contribution in [0.2, 0.25) is 0 Å². The van der Waals surface area contributed by atoms with Gasteiger partial charge in [0.25, 0.3) is 0 Å². The van der Waals surface area contributed by atoms with Crippen molar-refractivity contribution in [3.05, 3.63) is 67.0 Å². The van der Waals surface area contributed by atoms with Gasteiger partial charge in [-0.25, -0.2) is 0 Å². The Morgan fingerprint density at radius 1 is 1.24 bits per heavy atom. The van der Waals surface area contributed by atoms with Crippen LogP contribution in [0.25, 0.3) is 11.1 Å². The second-order valence-corrected chi connectivity index (χ2v) is 6.47. The molecule has 130 valence electrons. The molecule has 0 spiro atoms. The maximum Gasteiger partial charge on any atom is 0.226 e. The summed E-state index contributed by atoms with van der Waals surface area (Å²) in [4.78, 5) is 17.1. The Labute approximate surface area is 148 Å². The standard InChI is InChI=1S/C21H24N2O2/c1-2-11-23-20(24)21(9-13-25-14-10-21)15-17-6-3-4-8-19(17)18-7-5-12-22-16-18/h2-8,12,16H,1,9-11,13-15H2,(H,23,24). The van der Waals surface area contributed by atoms with Gasteiger partial charge in [0.2, 0.25) is 5.91 Å². The first-order valence-electron chi connectivity index (χ1n) is 8.70. The number of carbonyl (C=O) groups is 1. The van der Waals surface area contributed by atoms with E-state index in [1.807, 2.05) is 24.4 Å². The number of hydrogen-bond donors (Lipinski definition) is 1. The highest BCUT2D eigenvalue weighted by Crippen LogP contribution is 2.37. The highest BCUT2D eigenvalue weighted by molar-refractivity contribution is 5.83. The SMILES string of the molecule is C=CCNC(=O)C1(Cc2ccccc2-c2cccnc2)CCOCC1. The van der Waals surface area contributed by atoms with E-state index >= 15 is 0 Å². The number of nitrogens with one attached hydrogen (secondary N) is 1. The third-order valence-corrected chi connectivity index (χ3v) is 4.86. The van der Waals surface area contributed by atoms with Gasteiger partial charge in [0.1, 0.15) is 0 Å². The van der Waals surface area contributed by atoms with Gasteiger partial charge < -0.3 is 10.1 Å². The van der Waals surface area contributed by atoms with Gasteiger partial charge in [-0.1, -0.05) is 36.4 Å². The number of rotatable bonds is 6. The molecule has 0 aliphatic carbocycles. The van der Waals surface area contributed by atoms with Gasteiger partial charge in [0, 0.05) is 37.7 Å². The first kappa shape index (κ1) is 17.4. The summed E-state index contributed by atoms with van der Waals surface area (Å²) in [7, 11) is 0. The van der Waals surface area contributed by atoms with E-state index < -0.39 is 5.41 Å². The van der Waals surface area contributed by atoms with Crippen LogP contribution in [0.1, 0.15) is 18.4 Å². The van der Waals surface area contributed by atoms with Crippen LogP contribution in [0.5, 0.6) is 0 Å². The van der Waals surface area contributed by atoms with Crippen molar-refractivity contribution in [2.75, 3.05) is 19.8 Å². The van der Waals surface area contributed by atoms with Crippen LogP contribution in [-0.4, -0.2) is 30.6 Å². The number of nitrogens with zero attached hydrogens (tertiary/aromatic N) is 1. The van der Waals surface area contributed by atoms with Gasteiger partial charge in [-0.15, -0.1) is 6.58 Å². The summed E-state index contributed by atoms with van der Waals surface area (Å²) in [6.45, 7) is 5.43. The summed E-state index contributed by atoms with van der Waals surface area (Å²) < 4.78 is 5.52. The van der Waals surface area contributed by atoms with Crippen LogP contribution in [0, 0.1) is 5.41 Å². The molecule has 1 amide bonds. The quantitative estimate of drug-likeness (QED) is 0.823. The minimum Gasteiger partial charge on any atom is -0.381 e. The molecule has 1 aromatic carbocycles. The van der Waals surface area contributed by atoms with E-state index in [2.05, 4.69) is 35.1 Å². The molecule has 0 radical (unpaired) electrons. The number of carbonyl (C=O) groups excluding carboxylic acids is 1. The molecule has 1 aliphatic rings. The second kappa shape index (κ2) is 8.08. The molecule has 4 nitrogen and oxygen atoms in total. The Kier molecular flexibility index (Phi) is 5.61. The summed E-state index contributed by atoms with van der Waals surface area (Å²) in [6, 6.07) is 12.3. The molecule has 1 fully saturated rings. The highest BCUT2D eigenvalue weighted by atomic mass is 16.5. The lowest BCUT2D eigenvalue weighted by Crippen LogP contribution is -2.46. The number of hydrogen-bond acceptors (Lipinski definition) is 3. The van der Waals surface area contributed by atoms with Gasteiger partial charge in [0.15, 0.2) is 0 Å². The van der Waals surface area contributed by atoms with E-state index in [4.69, 9.17) is 4.74 Å². The summed E-state index contributed by atoms with van der Waals surface area (Å²) in [5.41, 5.74) is 2.95. The van der Waals surface area contributed by atoms with Crippen molar-refractivity contribution in [2.24, 2.45) is 5.41 Å². The first-order valence-corrected chi connectivity index (χ1v) is 8.70. The lowest BCUT2D eigenvalue weighted by Gasteiger charge is -2.36. The molecule has 1 saturated heterocycles. The van der Waals surface area contributed by atoms with Crippen LogP contribution in [-0.2, 0) is 16.0 Å². The molecule has 1 N–H and O–H groups in total. The Morgan fingerprint density at radius 2 is 2.04 bits per heavy atom. The molecule has 0 atom stereocenters. The van der Waals surface area contributed by atoms with E-state index in [1.54, 1.807) is 12.3 Å². The summed E-state index contributed by atoms with van der Waals surface area (Å²) in [5.74, 6) is 0.0942. The van der Waals surface area contributed by atoms with E-state index in [-0.39, 0.29) is 5.91 Å². The molecule has 2 heterocycles. The molecule has 4 heteroatoms. The molecule has 2 aromatic rings. The van der Waals surface area contributed by atoms with Crippen molar-refractivity contribution in [2.45, 2.75) is 19.3 Å². The maximum atomic E-state index is 12.9. The van der Waals surface area contributed by atoms with Crippen molar-refractivity contribution in [3.63, 3.8) is 0 Å². The van der Waals surface area contributed by atoms with Crippen LogP contribution < -0.4 is 5.32 Å². The predicted molar refractivity (Wildman–Crippen MR) is 99.1 cm³/mol. The molecule has 3 rings (SSSR count). The molecule has 0 saturated carbocycles. The van der Waals surface area contributed by atoms with Crippen molar-refractivity contribution >= 4 is 5.91 Å². The summed E-state index contributed by atoms with van der Waals surface area (Å²) in [5, 5.41) is 3.00. The zero-order valence-corrected chi connectivity index (χ0v) is 14.4. The van der Waals surface area contributed by atoms with Gasteiger partial charge in [-0.05, 0) is 36.5 Å². The number of amides is 1. The van der Waals surface area contributed by atoms with Crippen LogP contribution in [0.4, 0.5) is 0 Å². The lowest BCUT2D eigenvalue weighted by molar-refractivity contribution is -0.136. The Balaban J connectivity index is 1.93. The average molecular weight is 336 g/mol. The zero-order chi connectivity index (χ0) is 17.5. The highest BCUT2D eigenvalue weighted by Gasteiger charge is 2.40. The predicted octanol–water partition coefficient (Wildman–Crippen LogP) is 3.39. The summed E-state index contributed by atoms with van der Waals surface area (Å²) >= 11 is 0. The zero-order valence-electron chi connectivity index (χ0n) is 14.4. The topological polar surface area (TPSA) is 51.2 Å². The molecule has 25 heavy (non-hydrogen) atoms. The van der Waals surface area contributed by atoms with Gasteiger partial charge >= 0.3 is 0 Å². The second-order valence-electron chi connectivity index (χ2n) is 6.47. The van der Waals surface area contributed by atoms with Gasteiger partial charge in [0.05, 0.1) is 5.41 Å². The fraction of sp³-hybridized carbons (Fsp3) is 0.333. The van der Waals surface area contributed by atoms with E-state index in [0.717, 1.165) is 24.0 Å². The largest absolute Gasteiger partial charge is 0.381 e. The van der Waals surface area contributed by atoms with Gasteiger partial charge in [-0.3, -0.25) is 9.78 Å².